The molecular weight excluding hydrogens is 356 g/mol. The van der Waals surface area contributed by atoms with E-state index in [1.807, 2.05) is 0 Å². The molecule has 130 valence electrons. The summed E-state index contributed by atoms with van der Waals surface area (Å²) in [4.78, 5) is 22.6. The van der Waals surface area contributed by atoms with Crippen LogP contribution in [0.25, 0.3) is 6.08 Å². The lowest BCUT2D eigenvalue weighted by atomic mass is 10.2. The summed E-state index contributed by atoms with van der Waals surface area (Å²) in [6.07, 6.45) is 2.92. The molecule has 2 aromatic rings. The fourth-order valence-electron chi connectivity index (χ4n) is 2.09. The van der Waals surface area contributed by atoms with E-state index in [2.05, 4.69) is 15.5 Å². The lowest BCUT2D eigenvalue weighted by Gasteiger charge is -1.97. The number of amides is 1. The summed E-state index contributed by atoms with van der Waals surface area (Å²) in [7, 11) is 0. The molecule has 26 heavy (non-hydrogen) atoms. The van der Waals surface area contributed by atoms with Crippen LogP contribution < -0.4 is 5.32 Å². The zero-order valence-electron chi connectivity index (χ0n) is 13.2. The fraction of sp³-hybridized carbons (Fsp3) is 0. The maximum absolute atomic E-state index is 12.0. The summed E-state index contributed by atoms with van der Waals surface area (Å²) in [6, 6.07) is 12.6. The smallest absolute Gasteiger partial charge is 0.270 e. The van der Waals surface area contributed by atoms with Gasteiger partial charge in [0.1, 0.15) is 5.75 Å². The number of thioether (sulfide) groups is 1. The Kier molecular flexibility index (Phi) is 5.09. The number of carbonyl (C=O) groups is 1. The number of carbonyl (C=O) groups excluding carboxylic acids is 1. The van der Waals surface area contributed by atoms with Crippen molar-refractivity contribution in [2.24, 2.45) is 10.2 Å². The Labute approximate surface area is 152 Å². The Balaban J connectivity index is 1.73. The third-order valence-electron chi connectivity index (χ3n) is 3.31. The van der Waals surface area contributed by atoms with Crippen LogP contribution >= 0.6 is 11.8 Å². The standard InChI is InChI=1S/C17H12N4O4S/c22-14-7-2-1-5-12(14)9-15-16(23)19-17(26-15)20-18-10-11-4-3-6-13(8-11)21(24)25/h1-10,22H,(H,19,20,23)/b15-9-,18-10?. The topological polar surface area (TPSA) is 117 Å². The van der Waals surface area contributed by atoms with Gasteiger partial charge in [-0.05, 0) is 23.9 Å². The van der Waals surface area contributed by atoms with Crippen LogP contribution in [0.4, 0.5) is 5.69 Å². The van der Waals surface area contributed by atoms with E-state index in [0.717, 1.165) is 11.8 Å². The number of nitro groups is 1. The van der Waals surface area contributed by atoms with Gasteiger partial charge in [-0.15, -0.1) is 5.10 Å². The number of phenolic OH excluding ortho intramolecular Hbond substituents is 1. The average molecular weight is 368 g/mol. The second-order valence-electron chi connectivity index (χ2n) is 5.13. The van der Waals surface area contributed by atoms with Gasteiger partial charge >= 0.3 is 0 Å². The molecule has 8 nitrogen and oxygen atoms in total. The van der Waals surface area contributed by atoms with Gasteiger partial charge in [-0.25, -0.2) is 0 Å². The van der Waals surface area contributed by atoms with Gasteiger partial charge in [0.15, 0.2) is 5.17 Å². The molecule has 0 bridgehead atoms. The van der Waals surface area contributed by atoms with Crippen molar-refractivity contribution in [3.63, 3.8) is 0 Å². The third kappa shape index (κ3) is 4.14. The number of hydrogen-bond acceptors (Lipinski definition) is 7. The van der Waals surface area contributed by atoms with E-state index in [4.69, 9.17) is 0 Å². The van der Waals surface area contributed by atoms with Gasteiger partial charge in [0.25, 0.3) is 11.6 Å². The van der Waals surface area contributed by atoms with E-state index in [1.54, 1.807) is 36.4 Å². The molecule has 1 fully saturated rings. The van der Waals surface area contributed by atoms with Crippen LogP contribution in [0.3, 0.4) is 0 Å². The van der Waals surface area contributed by atoms with Crippen molar-refractivity contribution in [2.75, 3.05) is 0 Å². The van der Waals surface area contributed by atoms with Crippen molar-refractivity contribution in [1.29, 1.82) is 0 Å². The molecule has 0 spiro atoms. The molecule has 2 aromatic carbocycles. The van der Waals surface area contributed by atoms with Gasteiger partial charge in [0.2, 0.25) is 0 Å². The van der Waals surface area contributed by atoms with Crippen molar-refractivity contribution < 1.29 is 14.8 Å². The first-order valence-electron chi connectivity index (χ1n) is 7.37. The van der Waals surface area contributed by atoms with Gasteiger partial charge in [0.05, 0.1) is 16.0 Å². The second kappa shape index (κ2) is 7.62. The summed E-state index contributed by atoms with van der Waals surface area (Å²) in [5, 5.41) is 31.1. The van der Waals surface area contributed by atoms with Crippen molar-refractivity contribution in [2.45, 2.75) is 0 Å². The molecule has 0 aromatic heterocycles. The number of phenols is 1. The van der Waals surface area contributed by atoms with E-state index >= 15 is 0 Å². The van der Waals surface area contributed by atoms with Crippen molar-refractivity contribution in [1.82, 2.24) is 5.32 Å². The predicted octanol–water partition coefficient (Wildman–Crippen LogP) is 2.89. The van der Waals surface area contributed by atoms with Gasteiger partial charge in [-0.3, -0.25) is 20.2 Å². The summed E-state index contributed by atoms with van der Waals surface area (Å²) in [6.45, 7) is 0. The highest BCUT2D eigenvalue weighted by Gasteiger charge is 2.24. The SMILES string of the molecule is O=C1N/C(=N\N=Cc2cccc([N+](=O)[O-])c2)S/C1=C\c1ccccc1O. The summed E-state index contributed by atoms with van der Waals surface area (Å²) in [5.41, 5.74) is 0.993. The number of nitrogens with one attached hydrogen (secondary N) is 1. The Morgan fingerprint density at radius 2 is 2.00 bits per heavy atom. The number of amidine groups is 1. The molecule has 0 unspecified atom stereocenters. The van der Waals surface area contributed by atoms with Crippen LogP contribution in [0.5, 0.6) is 5.75 Å². The van der Waals surface area contributed by atoms with E-state index in [0.29, 0.717) is 16.0 Å². The molecule has 1 aliphatic heterocycles. The third-order valence-corrected chi connectivity index (χ3v) is 4.21. The number of nitro benzene ring substituents is 1. The van der Waals surface area contributed by atoms with Crippen LogP contribution in [0.15, 0.2) is 63.6 Å². The monoisotopic (exact) mass is 368 g/mol. The van der Waals surface area contributed by atoms with Gasteiger partial charge < -0.3 is 5.11 Å². The van der Waals surface area contributed by atoms with E-state index in [9.17, 15) is 20.0 Å². The van der Waals surface area contributed by atoms with E-state index in [-0.39, 0.29) is 22.5 Å². The normalized spacial score (nSPS) is 17.2. The highest BCUT2D eigenvalue weighted by atomic mass is 32.2. The second-order valence-corrected chi connectivity index (χ2v) is 6.16. The molecule has 2 N–H and O–H groups in total. The molecule has 9 heteroatoms. The van der Waals surface area contributed by atoms with Crippen LogP contribution in [-0.4, -0.2) is 27.3 Å². The molecule has 1 amide bonds. The molecule has 0 radical (unpaired) electrons. The first-order valence-corrected chi connectivity index (χ1v) is 8.19. The number of para-hydroxylation sites is 1. The number of hydrogen-bond donors (Lipinski definition) is 2. The Hall–Kier alpha value is -3.46. The highest BCUT2D eigenvalue weighted by molar-refractivity contribution is 8.18. The first-order chi connectivity index (χ1) is 12.5. The van der Waals surface area contributed by atoms with Crippen LogP contribution in [0.2, 0.25) is 0 Å². The molecule has 1 aliphatic rings. The maximum Gasteiger partial charge on any atom is 0.270 e. The molecule has 0 atom stereocenters. The zero-order valence-corrected chi connectivity index (χ0v) is 14.0. The summed E-state index contributed by atoms with van der Waals surface area (Å²) >= 11 is 1.08. The van der Waals surface area contributed by atoms with Crippen LogP contribution in [-0.2, 0) is 4.79 Å². The Bertz CT molecular complexity index is 969. The largest absolute Gasteiger partial charge is 0.507 e. The molecule has 3 rings (SSSR count). The summed E-state index contributed by atoms with van der Waals surface area (Å²) < 4.78 is 0. The minimum Gasteiger partial charge on any atom is -0.507 e. The van der Waals surface area contributed by atoms with Crippen molar-refractivity contribution >= 4 is 40.8 Å². The molecule has 0 saturated carbocycles. The van der Waals surface area contributed by atoms with E-state index < -0.39 is 4.92 Å². The molecule has 0 aliphatic carbocycles. The van der Waals surface area contributed by atoms with Crippen LogP contribution in [0.1, 0.15) is 11.1 Å². The van der Waals surface area contributed by atoms with Crippen molar-refractivity contribution in [3.8, 4) is 5.75 Å². The zero-order chi connectivity index (χ0) is 18.5. The van der Waals surface area contributed by atoms with Crippen molar-refractivity contribution in [3.05, 3.63) is 74.7 Å². The quantitative estimate of drug-likeness (QED) is 0.372. The van der Waals surface area contributed by atoms with Gasteiger partial charge in [-0.1, -0.05) is 30.3 Å². The average Bonchev–Trinajstić information content (AvgIpc) is 2.97. The highest BCUT2D eigenvalue weighted by Crippen LogP contribution is 2.28. The number of aromatic hydroxyl groups is 1. The number of benzene rings is 2. The first kappa shape index (κ1) is 17.4. The number of nitrogens with zero attached hydrogens (tertiary/aromatic N) is 3. The minimum atomic E-state index is -0.494. The molecular formula is C17H12N4O4S. The minimum absolute atomic E-state index is 0.0435. The maximum atomic E-state index is 12.0. The molecule has 1 heterocycles. The Morgan fingerprint density at radius 3 is 2.77 bits per heavy atom. The van der Waals surface area contributed by atoms with Gasteiger partial charge in [0, 0.05) is 23.3 Å². The van der Waals surface area contributed by atoms with Gasteiger partial charge in [-0.2, -0.15) is 5.10 Å². The lowest BCUT2D eigenvalue weighted by Crippen LogP contribution is -2.19. The predicted molar refractivity (Wildman–Crippen MR) is 99.9 cm³/mol. The van der Waals surface area contributed by atoms with E-state index in [1.165, 1.54) is 24.4 Å². The number of non-ortho nitro benzene ring substituents is 1. The van der Waals surface area contributed by atoms with Crippen LogP contribution in [0, 0.1) is 10.1 Å². The molecule has 1 saturated heterocycles. The number of rotatable bonds is 4. The lowest BCUT2D eigenvalue weighted by molar-refractivity contribution is -0.384. The fourth-order valence-corrected chi connectivity index (χ4v) is 2.86. The summed E-state index contributed by atoms with van der Waals surface area (Å²) in [5.74, 6) is -0.273. The Morgan fingerprint density at radius 1 is 1.19 bits per heavy atom.